The van der Waals surface area contributed by atoms with Crippen molar-refractivity contribution in [2.45, 2.75) is 32.8 Å². The smallest absolute Gasteiger partial charge is 0.282 e. The average Bonchev–Trinajstić information content (AvgIpc) is 2.85. The third kappa shape index (κ3) is 5.89. The van der Waals surface area contributed by atoms with Crippen LogP contribution >= 0.6 is 43.5 Å². The highest BCUT2D eigenvalue weighted by Gasteiger charge is 2.23. The Hall–Kier alpha value is -2.75. The van der Waals surface area contributed by atoms with Crippen LogP contribution < -0.4 is 15.0 Å². The van der Waals surface area contributed by atoms with Gasteiger partial charge in [0, 0.05) is 19.9 Å². The van der Waals surface area contributed by atoms with Gasteiger partial charge in [-0.1, -0.05) is 60.4 Å². The third-order valence-corrected chi connectivity index (χ3v) is 7.40. The molecule has 0 unspecified atom stereocenters. The van der Waals surface area contributed by atoms with Crippen molar-refractivity contribution in [1.29, 1.82) is 0 Å². The zero-order valence-electron chi connectivity index (χ0n) is 20.5. The van der Waals surface area contributed by atoms with E-state index in [-0.39, 0.29) is 23.0 Å². The van der Waals surface area contributed by atoms with E-state index >= 15 is 0 Å². The van der Waals surface area contributed by atoms with Gasteiger partial charge in [-0.15, -0.1) is 0 Å². The number of halogens is 4. The van der Waals surface area contributed by atoms with Crippen molar-refractivity contribution in [3.63, 3.8) is 0 Å². The Bertz CT molecular complexity index is 1570. The highest BCUT2D eigenvalue weighted by Crippen LogP contribution is 2.42. The molecule has 0 amide bonds. The molecule has 0 aliphatic carbocycles. The Morgan fingerprint density at radius 2 is 1.84 bits per heavy atom. The van der Waals surface area contributed by atoms with Crippen LogP contribution in [-0.2, 0) is 12.0 Å². The second-order valence-electron chi connectivity index (χ2n) is 9.25. The van der Waals surface area contributed by atoms with Gasteiger partial charge >= 0.3 is 0 Å². The molecule has 0 atom stereocenters. The first-order valence-corrected chi connectivity index (χ1v) is 13.2. The lowest BCUT2D eigenvalue weighted by atomic mass is 9.95. The van der Waals surface area contributed by atoms with Crippen molar-refractivity contribution in [3.8, 4) is 11.5 Å². The predicted octanol–water partition coefficient (Wildman–Crippen LogP) is 7.48. The highest BCUT2D eigenvalue weighted by atomic mass is 79.9. The zero-order chi connectivity index (χ0) is 26.9. The molecule has 10 heteroatoms. The van der Waals surface area contributed by atoms with E-state index in [9.17, 15) is 9.18 Å². The van der Waals surface area contributed by atoms with Crippen LogP contribution in [0.1, 0.15) is 37.7 Å². The van der Waals surface area contributed by atoms with Gasteiger partial charge in [-0.05, 0) is 57.9 Å². The number of benzene rings is 3. The minimum atomic E-state index is -0.456. The van der Waals surface area contributed by atoms with Gasteiger partial charge in [-0.2, -0.15) is 9.78 Å². The third-order valence-electron chi connectivity index (χ3n) is 5.46. The lowest BCUT2D eigenvalue weighted by Crippen LogP contribution is -2.29. The van der Waals surface area contributed by atoms with Crippen molar-refractivity contribution < 1.29 is 13.9 Å². The van der Waals surface area contributed by atoms with E-state index in [4.69, 9.17) is 26.1 Å². The summed E-state index contributed by atoms with van der Waals surface area (Å²) in [6.45, 7) is 6.07. The molecule has 1 aromatic heterocycles. The summed E-state index contributed by atoms with van der Waals surface area (Å²) in [7, 11) is 1.50. The van der Waals surface area contributed by atoms with Crippen LogP contribution in [0, 0.1) is 5.82 Å². The van der Waals surface area contributed by atoms with Gasteiger partial charge in [0.2, 0.25) is 0 Å². The van der Waals surface area contributed by atoms with Gasteiger partial charge in [0.25, 0.3) is 5.56 Å². The van der Waals surface area contributed by atoms with E-state index in [0.717, 1.165) is 10.0 Å². The maximum Gasteiger partial charge on any atom is 0.282 e. The van der Waals surface area contributed by atoms with Crippen LogP contribution in [0.5, 0.6) is 11.5 Å². The molecular formula is C27H23Br2ClFN3O3. The molecule has 0 spiro atoms. The Morgan fingerprint density at radius 3 is 2.49 bits per heavy atom. The molecule has 37 heavy (non-hydrogen) atoms. The largest absolute Gasteiger partial charge is 0.493 e. The van der Waals surface area contributed by atoms with Crippen molar-refractivity contribution in [3.05, 3.63) is 95.6 Å². The molecule has 0 saturated heterocycles. The lowest BCUT2D eigenvalue weighted by Gasteiger charge is -2.21. The number of fused-ring (bicyclic) bond motifs is 1. The first-order chi connectivity index (χ1) is 17.5. The number of methoxy groups -OCH3 is 1. The Balaban J connectivity index is 1.76. The van der Waals surface area contributed by atoms with Crippen molar-refractivity contribution in [2.75, 3.05) is 7.11 Å². The number of rotatable bonds is 6. The summed E-state index contributed by atoms with van der Waals surface area (Å²) in [5.74, 6) is 0.883. The fourth-order valence-electron chi connectivity index (χ4n) is 3.58. The van der Waals surface area contributed by atoms with Gasteiger partial charge < -0.3 is 9.47 Å². The molecule has 0 fully saturated rings. The first-order valence-electron chi connectivity index (χ1n) is 11.2. The molecule has 4 rings (SSSR count). The normalized spacial score (nSPS) is 11.9. The number of hydrogen-bond acceptors (Lipinski definition) is 5. The van der Waals surface area contributed by atoms with Gasteiger partial charge in [-0.3, -0.25) is 4.79 Å². The molecule has 6 nitrogen and oxygen atoms in total. The standard InChI is InChI=1S/C27H23Br2ClFN3O3/c1-27(2,3)26-33-20-10-7-17(28)12-19(20)25(35)34(26)32-13-16-11-21(36-4)24(23(30)22(16)29)37-14-15-5-8-18(31)9-6-15/h5-13H,14H2,1-4H3. The lowest BCUT2D eigenvalue weighted by molar-refractivity contribution is 0.284. The molecule has 192 valence electrons. The van der Waals surface area contributed by atoms with E-state index < -0.39 is 5.41 Å². The fourth-order valence-corrected chi connectivity index (χ4v) is 4.60. The van der Waals surface area contributed by atoms with E-state index in [1.54, 1.807) is 30.3 Å². The number of aromatic nitrogens is 2. The number of nitrogens with zero attached hydrogens (tertiary/aromatic N) is 3. The quantitative estimate of drug-likeness (QED) is 0.203. The summed E-state index contributed by atoms with van der Waals surface area (Å²) < 4.78 is 27.2. The molecule has 0 saturated carbocycles. The Kier molecular flexibility index (Phi) is 8.06. The highest BCUT2D eigenvalue weighted by molar-refractivity contribution is 9.10. The predicted molar refractivity (Wildman–Crippen MR) is 152 cm³/mol. The molecule has 0 radical (unpaired) electrons. The Labute approximate surface area is 235 Å². The van der Waals surface area contributed by atoms with E-state index in [2.05, 4.69) is 37.0 Å². The monoisotopic (exact) mass is 649 g/mol. The maximum atomic E-state index is 13.4. The summed E-state index contributed by atoms with van der Waals surface area (Å²) in [6, 6.07) is 13.1. The van der Waals surface area contributed by atoms with Gasteiger partial charge in [0.1, 0.15) is 23.3 Å². The van der Waals surface area contributed by atoms with Crippen molar-refractivity contribution in [2.24, 2.45) is 5.10 Å². The summed E-state index contributed by atoms with van der Waals surface area (Å²) >= 11 is 13.6. The SMILES string of the molecule is COc1cc(C=Nn2c(C(C)(C)C)nc3ccc(Br)cc3c2=O)c(Br)c(Cl)c1OCc1ccc(F)cc1. The number of ether oxygens (including phenoxy) is 2. The van der Waals surface area contributed by atoms with E-state index in [1.807, 2.05) is 26.8 Å². The molecule has 0 aliphatic heterocycles. The molecule has 0 aliphatic rings. The summed E-state index contributed by atoms with van der Waals surface area (Å²) in [6.07, 6.45) is 1.52. The molecule has 0 N–H and O–H groups in total. The first kappa shape index (κ1) is 27.3. The van der Waals surface area contributed by atoms with Crippen LogP contribution in [0.3, 0.4) is 0 Å². The average molecular weight is 652 g/mol. The van der Waals surface area contributed by atoms with E-state index in [0.29, 0.717) is 38.3 Å². The zero-order valence-corrected chi connectivity index (χ0v) is 24.4. The van der Waals surface area contributed by atoms with Crippen LogP contribution in [0.4, 0.5) is 4.39 Å². The molecule has 3 aromatic carbocycles. The van der Waals surface area contributed by atoms with E-state index in [1.165, 1.54) is 30.1 Å². The minimum absolute atomic E-state index is 0.166. The maximum absolute atomic E-state index is 13.4. The Morgan fingerprint density at radius 1 is 1.14 bits per heavy atom. The second kappa shape index (κ2) is 10.9. The van der Waals surface area contributed by atoms with Gasteiger partial charge in [-0.25, -0.2) is 9.37 Å². The minimum Gasteiger partial charge on any atom is -0.493 e. The van der Waals surface area contributed by atoms with Crippen LogP contribution in [0.2, 0.25) is 5.02 Å². The summed E-state index contributed by atoms with van der Waals surface area (Å²) in [5.41, 5.74) is 1.18. The van der Waals surface area contributed by atoms with Crippen LogP contribution in [-0.4, -0.2) is 23.0 Å². The van der Waals surface area contributed by atoms with Gasteiger partial charge in [0.05, 0.1) is 24.2 Å². The molecule has 0 bridgehead atoms. The number of hydrogen-bond donors (Lipinski definition) is 0. The second-order valence-corrected chi connectivity index (χ2v) is 11.3. The molecule has 4 aromatic rings. The van der Waals surface area contributed by atoms with Crippen molar-refractivity contribution >= 4 is 60.6 Å². The summed E-state index contributed by atoms with van der Waals surface area (Å²) in [4.78, 5) is 18.2. The summed E-state index contributed by atoms with van der Waals surface area (Å²) in [5, 5.41) is 5.23. The fraction of sp³-hybridized carbons (Fsp3) is 0.222. The van der Waals surface area contributed by atoms with Gasteiger partial charge in [0.15, 0.2) is 11.5 Å². The topological polar surface area (TPSA) is 65.7 Å². The molecule has 1 heterocycles. The van der Waals surface area contributed by atoms with Crippen molar-refractivity contribution in [1.82, 2.24) is 9.66 Å². The van der Waals surface area contributed by atoms with Crippen LogP contribution in [0.25, 0.3) is 10.9 Å². The van der Waals surface area contributed by atoms with Crippen LogP contribution in [0.15, 0.2) is 67.4 Å². The molecular weight excluding hydrogens is 629 g/mol.